The number of benzene rings is 2. The summed E-state index contributed by atoms with van der Waals surface area (Å²) in [5.74, 6) is 0.576. The number of nitrogens with zero attached hydrogens (tertiary/aromatic N) is 1. The Hall–Kier alpha value is -2.90. The van der Waals surface area contributed by atoms with Crippen molar-refractivity contribution >= 4 is 11.7 Å². The van der Waals surface area contributed by atoms with Crippen LogP contribution in [0.4, 0.5) is 0 Å². The van der Waals surface area contributed by atoms with Crippen LogP contribution in [0.25, 0.3) is 0 Å². The maximum atomic E-state index is 14.6. The molecular formula is C27H28N2O5. The van der Waals surface area contributed by atoms with E-state index in [0.29, 0.717) is 49.6 Å². The predicted octanol–water partition coefficient (Wildman–Crippen LogP) is 2.98. The molecule has 2 saturated carbocycles. The number of hydrogen-bond acceptors (Lipinski definition) is 5. The Morgan fingerprint density at radius 2 is 1.97 bits per heavy atom. The minimum Gasteiger partial charge on any atom is -0.633 e. The molecule has 2 heterocycles. The Labute approximate surface area is 197 Å². The van der Waals surface area contributed by atoms with Crippen LogP contribution in [0.2, 0.25) is 0 Å². The van der Waals surface area contributed by atoms with Crippen molar-refractivity contribution < 1.29 is 24.1 Å². The molecule has 2 aliphatic heterocycles. The van der Waals surface area contributed by atoms with Gasteiger partial charge in [-0.15, -0.1) is 0 Å². The maximum Gasteiger partial charge on any atom is 0.251 e. The topological polar surface area (TPSA) is 98.7 Å². The third-order valence-corrected chi connectivity index (χ3v) is 9.28. The molecule has 34 heavy (non-hydrogen) atoms. The predicted molar refractivity (Wildman–Crippen MR) is 123 cm³/mol. The van der Waals surface area contributed by atoms with Gasteiger partial charge in [-0.3, -0.25) is 9.59 Å². The Morgan fingerprint density at radius 1 is 1.18 bits per heavy atom. The SMILES string of the molecule is O=C(N[C@@]12CCC(=O)[C@@H]3Oc4c(O)ccc5c4[C@@]31CC[N+]([O-])(CC1CC1)[C@@H]2C5)c1ccccc1. The second-order valence-corrected chi connectivity index (χ2v) is 10.9. The first-order valence-electron chi connectivity index (χ1n) is 12.4. The third-order valence-electron chi connectivity index (χ3n) is 9.28. The van der Waals surface area contributed by atoms with Crippen molar-refractivity contribution in [1.29, 1.82) is 0 Å². The smallest absolute Gasteiger partial charge is 0.251 e. The summed E-state index contributed by atoms with van der Waals surface area (Å²) in [6.07, 6.45) is 2.98. The lowest BCUT2D eigenvalue weighted by atomic mass is 9.47. The fourth-order valence-corrected chi connectivity index (χ4v) is 7.71. The highest BCUT2D eigenvalue weighted by atomic mass is 16.6. The Bertz CT molecular complexity index is 1230. The summed E-state index contributed by atoms with van der Waals surface area (Å²) in [5, 5.41) is 28.6. The summed E-state index contributed by atoms with van der Waals surface area (Å²) in [7, 11) is 0. The minimum absolute atomic E-state index is 0.0140. The number of carbonyl (C=O) groups excluding carboxylic acids is 2. The van der Waals surface area contributed by atoms with Gasteiger partial charge in [0.2, 0.25) is 0 Å². The maximum absolute atomic E-state index is 14.6. The molecule has 3 aliphatic carbocycles. The third kappa shape index (κ3) is 2.44. The number of likely N-dealkylation sites (tertiary alicyclic amines) is 1. The number of carbonyl (C=O) groups is 2. The molecule has 1 spiro atoms. The first kappa shape index (κ1) is 20.5. The van der Waals surface area contributed by atoms with Gasteiger partial charge in [0, 0.05) is 36.3 Å². The number of ether oxygens (including phenoxy) is 1. The van der Waals surface area contributed by atoms with Crippen molar-refractivity contribution in [1.82, 2.24) is 5.32 Å². The van der Waals surface area contributed by atoms with E-state index in [9.17, 15) is 19.9 Å². The zero-order valence-electron chi connectivity index (χ0n) is 19.0. The quantitative estimate of drug-likeness (QED) is 0.540. The highest BCUT2D eigenvalue weighted by Gasteiger charge is 2.76. The molecule has 2 aromatic carbocycles. The van der Waals surface area contributed by atoms with Gasteiger partial charge in [0.05, 0.1) is 18.5 Å². The molecule has 7 rings (SSSR count). The fraction of sp³-hybridized carbons (Fsp3) is 0.481. The summed E-state index contributed by atoms with van der Waals surface area (Å²) < 4.78 is 5.90. The summed E-state index contributed by atoms with van der Waals surface area (Å²) in [6.45, 7) is 0.954. The molecule has 0 radical (unpaired) electrons. The monoisotopic (exact) mass is 460 g/mol. The molecule has 3 fully saturated rings. The van der Waals surface area contributed by atoms with Gasteiger partial charge in [-0.1, -0.05) is 24.3 Å². The van der Waals surface area contributed by atoms with Crippen molar-refractivity contribution in [3.8, 4) is 11.5 Å². The minimum atomic E-state index is -0.917. The van der Waals surface area contributed by atoms with Crippen LogP contribution in [0.15, 0.2) is 42.5 Å². The number of quaternary nitrogens is 1. The number of hydroxylamine groups is 3. The number of hydrogen-bond donors (Lipinski definition) is 2. The number of piperidine rings is 1. The van der Waals surface area contributed by atoms with Gasteiger partial charge in [-0.05, 0) is 43.0 Å². The number of phenols is 1. The van der Waals surface area contributed by atoms with Crippen LogP contribution in [0.3, 0.4) is 0 Å². The van der Waals surface area contributed by atoms with E-state index >= 15 is 0 Å². The van der Waals surface area contributed by atoms with Crippen molar-refractivity contribution in [2.75, 3.05) is 13.1 Å². The molecule has 5 aliphatic rings. The Morgan fingerprint density at radius 3 is 2.74 bits per heavy atom. The number of Topliss-reactive ketones (excluding diaryl/α,β-unsaturated/α-hetero) is 1. The van der Waals surface area contributed by atoms with Crippen molar-refractivity contribution in [3.63, 3.8) is 0 Å². The van der Waals surface area contributed by atoms with E-state index in [4.69, 9.17) is 4.74 Å². The fourth-order valence-electron chi connectivity index (χ4n) is 7.71. The highest BCUT2D eigenvalue weighted by molar-refractivity contribution is 5.96. The van der Waals surface area contributed by atoms with E-state index in [1.165, 1.54) is 0 Å². The van der Waals surface area contributed by atoms with Crippen LogP contribution in [0.1, 0.15) is 53.6 Å². The second kappa shape index (κ2) is 6.61. The number of phenolic OH excluding ortho intramolecular Hbond substituents is 1. The van der Waals surface area contributed by atoms with E-state index in [2.05, 4.69) is 5.32 Å². The Kier molecular flexibility index (Phi) is 3.98. The van der Waals surface area contributed by atoms with Crippen LogP contribution >= 0.6 is 0 Å². The summed E-state index contributed by atoms with van der Waals surface area (Å²) in [6, 6.07) is 12.1. The van der Waals surface area contributed by atoms with Crippen molar-refractivity contribution in [2.24, 2.45) is 5.92 Å². The standard InChI is InChI=1S/C27H28N2O5/c30-19-9-8-18-14-21-27(28-25(32)17-4-2-1-3-5-17)11-10-20(31)24-26(27,22(18)23(19)34-24)12-13-29(21,33)15-16-6-7-16/h1-5,8-9,16,21,24,30H,6-7,10-15H2,(H,28,32)/t21-,24+,26+,27-,29?/m1/s1. The lowest BCUT2D eigenvalue weighted by Gasteiger charge is -2.69. The largest absolute Gasteiger partial charge is 0.633 e. The molecule has 176 valence electrons. The van der Waals surface area contributed by atoms with E-state index in [1.807, 2.05) is 24.3 Å². The van der Waals surface area contributed by atoms with Gasteiger partial charge in [0.15, 0.2) is 23.4 Å². The van der Waals surface area contributed by atoms with E-state index in [1.54, 1.807) is 18.2 Å². The van der Waals surface area contributed by atoms with E-state index in [0.717, 1.165) is 24.0 Å². The number of amides is 1. The molecule has 1 unspecified atom stereocenters. The van der Waals surface area contributed by atoms with Crippen LogP contribution in [-0.4, -0.2) is 52.2 Å². The van der Waals surface area contributed by atoms with Crippen LogP contribution in [0.5, 0.6) is 11.5 Å². The van der Waals surface area contributed by atoms with Crippen LogP contribution in [0, 0.1) is 11.1 Å². The van der Waals surface area contributed by atoms with Gasteiger partial charge in [-0.25, -0.2) is 0 Å². The molecule has 1 amide bonds. The van der Waals surface area contributed by atoms with Crippen LogP contribution in [-0.2, 0) is 16.6 Å². The first-order chi connectivity index (χ1) is 16.4. The summed E-state index contributed by atoms with van der Waals surface area (Å²) >= 11 is 0. The van der Waals surface area contributed by atoms with Gasteiger partial charge in [-0.2, -0.15) is 0 Å². The van der Waals surface area contributed by atoms with E-state index in [-0.39, 0.29) is 28.5 Å². The number of ketones is 1. The second-order valence-electron chi connectivity index (χ2n) is 10.9. The molecular weight excluding hydrogens is 432 g/mol. The van der Waals surface area contributed by atoms with Gasteiger partial charge < -0.3 is 25.0 Å². The van der Waals surface area contributed by atoms with Crippen LogP contribution < -0.4 is 10.1 Å². The normalized spacial score (nSPS) is 37.0. The summed E-state index contributed by atoms with van der Waals surface area (Å²) in [5.41, 5.74) is 0.585. The molecule has 7 heteroatoms. The summed E-state index contributed by atoms with van der Waals surface area (Å²) in [4.78, 5) is 26.9. The van der Waals surface area contributed by atoms with Crippen molar-refractivity contribution in [3.05, 3.63) is 64.4 Å². The lowest BCUT2D eigenvalue weighted by Crippen LogP contribution is -2.85. The number of nitrogens with one attached hydrogen (secondary N) is 1. The van der Waals surface area contributed by atoms with E-state index < -0.39 is 23.1 Å². The molecule has 5 atom stereocenters. The average Bonchev–Trinajstić information content (AvgIpc) is 3.56. The number of rotatable bonds is 4. The van der Waals surface area contributed by atoms with Gasteiger partial charge in [0.1, 0.15) is 11.6 Å². The average molecular weight is 461 g/mol. The van der Waals surface area contributed by atoms with Gasteiger partial charge in [0.25, 0.3) is 5.91 Å². The highest BCUT2D eigenvalue weighted by Crippen LogP contribution is 2.66. The zero-order valence-corrected chi connectivity index (χ0v) is 19.0. The zero-order chi connectivity index (χ0) is 23.3. The molecule has 2 aromatic rings. The molecule has 2 N–H and O–H groups in total. The van der Waals surface area contributed by atoms with Gasteiger partial charge >= 0.3 is 0 Å². The molecule has 2 bridgehead atoms. The molecule has 7 nitrogen and oxygen atoms in total. The molecule has 0 aromatic heterocycles. The molecule has 1 saturated heterocycles. The van der Waals surface area contributed by atoms with Crippen molar-refractivity contribution in [2.45, 2.75) is 61.6 Å². The Balaban J connectivity index is 1.45. The lowest BCUT2D eigenvalue weighted by molar-refractivity contribution is -0.920. The first-order valence-corrected chi connectivity index (χ1v) is 12.4. The number of aromatic hydroxyl groups is 1.